The van der Waals surface area contributed by atoms with Gasteiger partial charge in [0.05, 0.1) is 10.6 Å². The summed E-state index contributed by atoms with van der Waals surface area (Å²) in [5.74, 6) is -0.494. The van der Waals surface area contributed by atoms with E-state index in [0.717, 1.165) is 0 Å². The molecule has 0 fully saturated rings. The first-order chi connectivity index (χ1) is 10.6. The number of nitrogens with one attached hydrogen (secondary N) is 2. The Bertz CT molecular complexity index is 672. The van der Waals surface area contributed by atoms with Crippen LogP contribution in [0.25, 0.3) is 0 Å². The van der Waals surface area contributed by atoms with Gasteiger partial charge >= 0.3 is 0 Å². The number of halogens is 2. The maximum Gasteiger partial charge on any atom is 0.252 e. The number of benzene rings is 2. The number of anilines is 1. The number of carbonyl (C=O) groups is 2. The summed E-state index contributed by atoms with van der Waals surface area (Å²) in [4.78, 5) is 23.7. The highest BCUT2D eigenvalue weighted by Crippen LogP contribution is 2.15. The largest absolute Gasteiger partial charge is 0.351 e. The van der Waals surface area contributed by atoms with E-state index in [1.807, 2.05) is 0 Å². The summed E-state index contributed by atoms with van der Waals surface area (Å²) in [7, 11) is 0. The molecule has 0 saturated heterocycles. The second-order valence-electron chi connectivity index (χ2n) is 4.54. The van der Waals surface area contributed by atoms with E-state index in [1.165, 1.54) is 0 Å². The summed E-state index contributed by atoms with van der Waals surface area (Å²) in [6, 6.07) is 13.6. The molecular weight excluding hydrogens is 323 g/mol. The minimum atomic E-state index is -0.301. The van der Waals surface area contributed by atoms with Crippen LogP contribution < -0.4 is 10.6 Å². The van der Waals surface area contributed by atoms with E-state index in [9.17, 15) is 9.59 Å². The summed E-state index contributed by atoms with van der Waals surface area (Å²) in [6.07, 6.45) is 0.165. The van der Waals surface area contributed by atoms with Crippen LogP contribution in [0.1, 0.15) is 16.8 Å². The molecular formula is C16H14Cl2N2O2. The van der Waals surface area contributed by atoms with E-state index in [1.54, 1.807) is 48.5 Å². The molecule has 2 aromatic carbocycles. The molecule has 0 spiro atoms. The van der Waals surface area contributed by atoms with Gasteiger partial charge in [-0.2, -0.15) is 0 Å². The van der Waals surface area contributed by atoms with E-state index in [0.29, 0.717) is 21.3 Å². The lowest BCUT2D eigenvalue weighted by atomic mass is 10.2. The molecule has 2 N–H and O–H groups in total. The molecule has 4 nitrogen and oxygen atoms in total. The first kappa shape index (κ1) is 16.3. The Morgan fingerprint density at radius 3 is 2.32 bits per heavy atom. The molecule has 22 heavy (non-hydrogen) atoms. The van der Waals surface area contributed by atoms with Crippen molar-refractivity contribution in [3.05, 3.63) is 64.1 Å². The van der Waals surface area contributed by atoms with Crippen molar-refractivity contribution in [2.24, 2.45) is 0 Å². The first-order valence-corrected chi connectivity index (χ1v) is 7.40. The van der Waals surface area contributed by atoms with E-state index >= 15 is 0 Å². The Morgan fingerprint density at radius 1 is 0.955 bits per heavy atom. The Hall–Kier alpha value is -2.04. The van der Waals surface area contributed by atoms with Crippen LogP contribution in [0.2, 0.25) is 10.0 Å². The highest BCUT2D eigenvalue weighted by Gasteiger charge is 2.09. The number of rotatable bonds is 5. The smallest absolute Gasteiger partial charge is 0.252 e. The summed E-state index contributed by atoms with van der Waals surface area (Å²) in [5, 5.41) is 6.36. The van der Waals surface area contributed by atoms with Crippen molar-refractivity contribution in [2.75, 3.05) is 11.9 Å². The van der Waals surface area contributed by atoms with Gasteiger partial charge in [-0.3, -0.25) is 9.59 Å². The van der Waals surface area contributed by atoms with E-state index in [4.69, 9.17) is 23.2 Å². The average Bonchev–Trinajstić information content (AvgIpc) is 2.50. The van der Waals surface area contributed by atoms with Crippen molar-refractivity contribution >= 4 is 40.7 Å². The predicted molar refractivity (Wildman–Crippen MR) is 88.5 cm³/mol. The van der Waals surface area contributed by atoms with Crippen molar-refractivity contribution in [2.45, 2.75) is 6.42 Å². The lowest BCUT2D eigenvalue weighted by Crippen LogP contribution is -2.27. The second-order valence-corrected chi connectivity index (χ2v) is 5.38. The van der Waals surface area contributed by atoms with Gasteiger partial charge in [0.25, 0.3) is 5.91 Å². The van der Waals surface area contributed by atoms with Crippen LogP contribution in [-0.2, 0) is 4.79 Å². The third-order valence-corrected chi connectivity index (χ3v) is 3.47. The second kappa shape index (κ2) is 7.82. The Balaban J connectivity index is 1.78. The molecule has 0 aliphatic heterocycles. The molecule has 0 atom stereocenters. The Labute approximate surface area is 138 Å². The third-order valence-electron chi connectivity index (χ3n) is 2.88. The molecule has 0 aliphatic rings. The molecule has 0 heterocycles. The number of hydrogen-bond donors (Lipinski definition) is 2. The first-order valence-electron chi connectivity index (χ1n) is 6.64. The van der Waals surface area contributed by atoms with E-state index in [-0.39, 0.29) is 24.8 Å². The van der Waals surface area contributed by atoms with Gasteiger partial charge in [-0.15, -0.1) is 0 Å². The molecule has 0 saturated carbocycles. The molecule has 2 aromatic rings. The van der Waals surface area contributed by atoms with Gasteiger partial charge in [0.1, 0.15) is 0 Å². The molecule has 6 heteroatoms. The summed E-state index contributed by atoms with van der Waals surface area (Å²) in [5.41, 5.74) is 1.05. The van der Waals surface area contributed by atoms with Crippen LogP contribution in [0.15, 0.2) is 48.5 Å². The molecule has 114 valence electrons. The summed E-state index contributed by atoms with van der Waals surface area (Å²) in [6.45, 7) is 0.226. The highest BCUT2D eigenvalue weighted by atomic mass is 35.5. The zero-order chi connectivity index (χ0) is 15.9. The maximum atomic E-state index is 11.9. The van der Waals surface area contributed by atoms with Gasteiger partial charge in [0, 0.05) is 23.7 Å². The van der Waals surface area contributed by atoms with Gasteiger partial charge in [0.15, 0.2) is 0 Å². The van der Waals surface area contributed by atoms with Crippen LogP contribution >= 0.6 is 23.2 Å². The zero-order valence-corrected chi connectivity index (χ0v) is 13.1. The third kappa shape index (κ3) is 4.76. The molecule has 0 aromatic heterocycles. The minimum Gasteiger partial charge on any atom is -0.351 e. The van der Waals surface area contributed by atoms with Crippen molar-refractivity contribution < 1.29 is 9.59 Å². The van der Waals surface area contributed by atoms with Gasteiger partial charge in [-0.25, -0.2) is 0 Å². The summed E-state index contributed by atoms with van der Waals surface area (Å²) < 4.78 is 0. The predicted octanol–water partition coefficient (Wildman–Crippen LogP) is 3.75. The molecule has 0 unspecified atom stereocenters. The van der Waals surface area contributed by atoms with Crippen LogP contribution in [0.4, 0.5) is 5.69 Å². The van der Waals surface area contributed by atoms with Crippen molar-refractivity contribution in [3.63, 3.8) is 0 Å². The standard InChI is InChI=1S/C16H14Cl2N2O2/c17-11-5-7-12(8-6-11)20-15(21)9-10-19-16(22)13-3-1-2-4-14(13)18/h1-8H,9-10H2,(H,19,22)(H,20,21). The van der Waals surface area contributed by atoms with E-state index in [2.05, 4.69) is 10.6 Å². The van der Waals surface area contributed by atoms with Crippen LogP contribution in [0, 0.1) is 0 Å². The maximum absolute atomic E-state index is 11.9. The Kier molecular flexibility index (Phi) is 5.81. The van der Waals surface area contributed by atoms with Crippen molar-refractivity contribution in [3.8, 4) is 0 Å². The fraction of sp³-hybridized carbons (Fsp3) is 0.125. The van der Waals surface area contributed by atoms with Crippen molar-refractivity contribution in [1.29, 1.82) is 0 Å². The van der Waals surface area contributed by atoms with Gasteiger partial charge < -0.3 is 10.6 Å². The lowest BCUT2D eigenvalue weighted by Gasteiger charge is -2.07. The quantitative estimate of drug-likeness (QED) is 0.873. The summed E-state index contributed by atoms with van der Waals surface area (Å²) >= 11 is 11.7. The van der Waals surface area contributed by atoms with E-state index < -0.39 is 0 Å². The van der Waals surface area contributed by atoms with Gasteiger partial charge in [0.2, 0.25) is 5.91 Å². The number of carbonyl (C=O) groups excluding carboxylic acids is 2. The monoisotopic (exact) mass is 336 g/mol. The fourth-order valence-electron chi connectivity index (χ4n) is 1.79. The van der Waals surface area contributed by atoms with Crippen molar-refractivity contribution in [1.82, 2.24) is 5.32 Å². The molecule has 0 aliphatic carbocycles. The number of amides is 2. The van der Waals surface area contributed by atoms with Gasteiger partial charge in [-0.1, -0.05) is 35.3 Å². The normalized spacial score (nSPS) is 10.1. The highest BCUT2D eigenvalue weighted by molar-refractivity contribution is 6.33. The molecule has 0 bridgehead atoms. The fourth-order valence-corrected chi connectivity index (χ4v) is 2.13. The SMILES string of the molecule is O=C(CCNC(=O)c1ccccc1Cl)Nc1ccc(Cl)cc1. The van der Waals surface area contributed by atoms with Crippen LogP contribution in [-0.4, -0.2) is 18.4 Å². The molecule has 0 radical (unpaired) electrons. The van der Waals surface area contributed by atoms with Gasteiger partial charge in [-0.05, 0) is 36.4 Å². The Morgan fingerprint density at radius 2 is 1.64 bits per heavy atom. The minimum absolute atomic E-state index is 0.165. The van der Waals surface area contributed by atoms with Crippen LogP contribution in [0.3, 0.4) is 0 Å². The average molecular weight is 337 g/mol. The topological polar surface area (TPSA) is 58.2 Å². The lowest BCUT2D eigenvalue weighted by molar-refractivity contribution is -0.116. The molecule has 2 rings (SSSR count). The zero-order valence-electron chi connectivity index (χ0n) is 11.6. The van der Waals surface area contributed by atoms with Crippen LogP contribution in [0.5, 0.6) is 0 Å². The number of hydrogen-bond acceptors (Lipinski definition) is 2. The molecule has 2 amide bonds.